The zero-order valence-electron chi connectivity index (χ0n) is 6.45. The largest absolute Gasteiger partial charge is 0.299 e. The van der Waals surface area contributed by atoms with Gasteiger partial charge in [-0.2, -0.15) is 0 Å². The van der Waals surface area contributed by atoms with Gasteiger partial charge in [-0.1, -0.05) is 30.3 Å². The highest BCUT2D eigenvalue weighted by Crippen LogP contribution is 1.97. The van der Waals surface area contributed by atoms with Gasteiger partial charge in [0.15, 0.2) is 0 Å². The fraction of sp³-hybridized carbons (Fsp3) is 0. The van der Waals surface area contributed by atoms with Crippen LogP contribution in [-0.4, -0.2) is 22.6 Å². The molecule has 2 heteroatoms. The molecule has 0 saturated carbocycles. The summed E-state index contributed by atoms with van der Waals surface area (Å²) < 4.78 is 1.37. The number of carbonyl (C=O) groups is 1. The molecule has 0 fully saturated rings. The van der Waals surface area contributed by atoms with E-state index in [1.165, 1.54) is 10.5 Å². The summed E-state index contributed by atoms with van der Waals surface area (Å²) in [5.41, 5.74) is 1.08. The summed E-state index contributed by atoms with van der Waals surface area (Å²) in [6, 6.07) is 8.19. The maximum Gasteiger partial charge on any atom is 0.258 e. The van der Waals surface area contributed by atoms with Crippen LogP contribution in [0.15, 0.2) is 30.3 Å². The Morgan fingerprint density at radius 3 is 2.36 bits per heavy atom. The maximum absolute atomic E-state index is 9.97. The third-order valence-electron chi connectivity index (χ3n) is 1.44. The lowest BCUT2D eigenvalue weighted by Crippen LogP contribution is -1.98. The molecule has 11 heavy (non-hydrogen) atoms. The van der Waals surface area contributed by atoms with Crippen molar-refractivity contribution in [2.75, 3.05) is 0 Å². The molecule has 0 spiro atoms. The van der Waals surface area contributed by atoms with E-state index in [9.17, 15) is 4.79 Å². The molecular weight excluding hydrogens is 151 g/mol. The van der Waals surface area contributed by atoms with Crippen LogP contribution in [0.4, 0.5) is 0 Å². The van der Waals surface area contributed by atoms with Gasteiger partial charge in [0.1, 0.15) is 6.29 Å². The molecule has 0 saturated heterocycles. The van der Waals surface area contributed by atoms with Gasteiger partial charge in [0, 0.05) is 0 Å². The molecular formula is C9H9AlO. The van der Waals surface area contributed by atoms with Crippen LogP contribution in [0.1, 0.15) is 5.56 Å². The number of aldehydes is 1. The normalized spacial score (nSPS) is 10.2. The van der Waals surface area contributed by atoms with Crippen LogP contribution in [-0.2, 0) is 4.79 Å². The topological polar surface area (TPSA) is 17.1 Å². The molecule has 1 rings (SSSR count). The lowest BCUT2D eigenvalue weighted by atomic mass is 10.2. The SMILES string of the molecule is O=C/C=C/c1cc[c]([AlH2])cc1. The molecule has 0 unspecified atom stereocenters. The Morgan fingerprint density at radius 1 is 1.18 bits per heavy atom. The molecule has 0 aliphatic heterocycles. The van der Waals surface area contributed by atoms with Crippen molar-refractivity contribution in [3.8, 4) is 0 Å². The van der Waals surface area contributed by atoms with Crippen LogP contribution in [0.25, 0.3) is 6.08 Å². The number of allylic oxidation sites excluding steroid dienone is 1. The van der Waals surface area contributed by atoms with Crippen molar-refractivity contribution >= 4 is 33.1 Å². The second-order valence-electron chi connectivity index (χ2n) is 2.41. The standard InChI is InChI=1S/C9H7O.Al.2H/c10-8-4-7-9-5-2-1-3-6-9;;;/h2-8H;;;/b7-4+;;;. The van der Waals surface area contributed by atoms with Gasteiger partial charge < -0.3 is 0 Å². The van der Waals surface area contributed by atoms with E-state index in [0.717, 1.165) is 28.1 Å². The molecule has 0 amide bonds. The van der Waals surface area contributed by atoms with Gasteiger partial charge in [0.25, 0.3) is 16.3 Å². The highest BCUT2D eigenvalue weighted by molar-refractivity contribution is 6.32. The number of rotatable bonds is 2. The van der Waals surface area contributed by atoms with Crippen molar-refractivity contribution in [3.05, 3.63) is 35.9 Å². The molecule has 1 nitrogen and oxygen atoms in total. The summed E-state index contributed by atoms with van der Waals surface area (Å²) in [5, 5.41) is 0. The summed E-state index contributed by atoms with van der Waals surface area (Å²) in [7, 11) is 0. The van der Waals surface area contributed by atoms with Crippen molar-refractivity contribution in [1.29, 1.82) is 0 Å². The molecule has 1 aromatic carbocycles. The van der Waals surface area contributed by atoms with Gasteiger partial charge in [-0.05, 0) is 11.6 Å². The van der Waals surface area contributed by atoms with E-state index in [2.05, 4.69) is 12.1 Å². The highest BCUT2D eigenvalue weighted by Gasteiger charge is 1.84. The van der Waals surface area contributed by atoms with Crippen molar-refractivity contribution in [2.24, 2.45) is 0 Å². The molecule has 0 aliphatic carbocycles. The number of benzene rings is 1. The molecule has 54 valence electrons. The summed E-state index contributed by atoms with van der Waals surface area (Å²) >= 11 is 1.08. The number of hydrogen-bond acceptors (Lipinski definition) is 1. The predicted molar refractivity (Wildman–Crippen MR) is 49.7 cm³/mol. The Hall–Kier alpha value is -0.838. The monoisotopic (exact) mass is 160 g/mol. The second-order valence-corrected chi connectivity index (χ2v) is 3.56. The highest BCUT2D eigenvalue weighted by atomic mass is 27.0. The first kappa shape index (κ1) is 8.26. The van der Waals surface area contributed by atoms with Gasteiger partial charge in [-0.3, -0.25) is 4.79 Å². The van der Waals surface area contributed by atoms with E-state index in [0.29, 0.717) is 0 Å². The third-order valence-corrected chi connectivity index (χ3v) is 2.11. The molecule has 0 bridgehead atoms. The molecule has 0 N–H and O–H groups in total. The average Bonchev–Trinajstić information content (AvgIpc) is 2.04. The minimum atomic E-state index is 0.786. The minimum absolute atomic E-state index is 0.786. The Labute approximate surface area is 74.2 Å². The fourth-order valence-corrected chi connectivity index (χ4v) is 1.16. The smallest absolute Gasteiger partial charge is 0.258 e. The fourth-order valence-electron chi connectivity index (χ4n) is 0.828. The molecule has 0 heterocycles. The van der Waals surface area contributed by atoms with Gasteiger partial charge in [-0.25, -0.2) is 0 Å². The van der Waals surface area contributed by atoms with Crippen molar-refractivity contribution < 1.29 is 4.79 Å². The third kappa shape index (κ3) is 2.71. The first-order valence-electron chi connectivity index (χ1n) is 3.51. The lowest BCUT2D eigenvalue weighted by Gasteiger charge is -1.92. The lowest BCUT2D eigenvalue weighted by molar-refractivity contribution is -0.104. The van der Waals surface area contributed by atoms with Crippen LogP contribution in [0, 0.1) is 0 Å². The van der Waals surface area contributed by atoms with Gasteiger partial charge in [-0.15, -0.1) is 4.43 Å². The molecule has 1 aromatic rings. The summed E-state index contributed by atoms with van der Waals surface area (Å²) in [4.78, 5) is 9.97. The van der Waals surface area contributed by atoms with Gasteiger partial charge in [0.05, 0.1) is 0 Å². The Kier molecular flexibility index (Phi) is 3.10. The summed E-state index contributed by atoms with van der Waals surface area (Å²) in [6.45, 7) is 0. The van der Waals surface area contributed by atoms with Crippen LogP contribution < -0.4 is 4.43 Å². The first-order valence-corrected chi connectivity index (χ1v) is 4.51. The van der Waals surface area contributed by atoms with E-state index in [1.807, 2.05) is 12.1 Å². The molecule has 0 aromatic heterocycles. The molecule has 0 atom stereocenters. The van der Waals surface area contributed by atoms with E-state index in [4.69, 9.17) is 0 Å². The average molecular weight is 160 g/mol. The zero-order valence-corrected chi connectivity index (χ0v) is 8.45. The summed E-state index contributed by atoms with van der Waals surface area (Å²) in [6.07, 6.45) is 4.09. The van der Waals surface area contributed by atoms with E-state index >= 15 is 0 Å². The molecule has 0 aliphatic rings. The predicted octanol–water partition coefficient (Wildman–Crippen LogP) is 0.157. The van der Waals surface area contributed by atoms with Crippen molar-refractivity contribution in [2.45, 2.75) is 0 Å². The van der Waals surface area contributed by atoms with Gasteiger partial charge in [0.2, 0.25) is 0 Å². The first-order chi connectivity index (χ1) is 5.33. The summed E-state index contributed by atoms with van der Waals surface area (Å²) in [5.74, 6) is 0. The van der Waals surface area contributed by atoms with Gasteiger partial charge >= 0.3 is 0 Å². The Bertz CT molecular complexity index is 261. The second kappa shape index (κ2) is 4.13. The zero-order chi connectivity index (χ0) is 8.10. The van der Waals surface area contributed by atoms with E-state index < -0.39 is 0 Å². The van der Waals surface area contributed by atoms with E-state index in [1.54, 1.807) is 6.08 Å². The maximum atomic E-state index is 9.97. The minimum Gasteiger partial charge on any atom is -0.299 e. The van der Waals surface area contributed by atoms with Crippen molar-refractivity contribution in [3.63, 3.8) is 0 Å². The van der Waals surface area contributed by atoms with E-state index in [-0.39, 0.29) is 0 Å². The van der Waals surface area contributed by atoms with Crippen LogP contribution in [0.5, 0.6) is 0 Å². The van der Waals surface area contributed by atoms with Crippen LogP contribution >= 0.6 is 0 Å². The quantitative estimate of drug-likeness (QED) is 0.342. The molecule has 0 radical (unpaired) electrons. The Balaban J connectivity index is 2.81. The van der Waals surface area contributed by atoms with Crippen LogP contribution in [0.3, 0.4) is 0 Å². The number of hydrogen-bond donors (Lipinski definition) is 0. The Morgan fingerprint density at radius 2 is 1.82 bits per heavy atom. The van der Waals surface area contributed by atoms with Crippen LogP contribution in [0.2, 0.25) is 0 Å². The number of carbonyl (C=O) groups excluding carboxylic acids is 1. The van der Waals surface area contributed by atoms with Crippen molar-refractivity contribution in [1.82, 2.24) is 0 Å².